The minimum absolute atomic E-state index is 0.0643. The first-order chi connectivity index (χ1) is 14.7. The number of hydrogen-bond acceptors (Lipinski definition) is 5. The summed E-state index contributed by atoms with van der Waals surface area (Å²) in [6.07, 6.45) is 1.79. The minimum atomic E-state index is -0.228. The number of ether oxygens (including phenoxy) is 1. The van der Waals surface area contributed by atoms with E-state index in [0.29, 0.717) is 26.0 Å². The van der Waals surface area contributed by atoms with E-state index in [4.69, 9.17) is 9.72 Å². The van der Waals surface area contributed by atoms with E-state index in [2.05, 4.69) is 28.1 Å². The highest BCUT2D eigenvalue weighted by molar-refractivity contribution is 7.99. The number of esters is 1. The molecule has 158 valence electrons. The summed E-state index contributed by atoms with van der Waals surface area (Å²) in [4.78, 5) is 28.3. The van der Waals surface area contributed by atoms with Crippen LogP contribution in [0.2, 0.25) is 0 Å². The molecule has 1 amide bonds. The SMILES string of the molecule is CCOC(=O)CCCNC(=O)CSc1nc2ccccc2n1CCc1ccccc1. The van der Waals surface area contributed by atoms with Crippen molar-refractivity contribution in [1.82, 2.24) is 14.9 Å². The molecule has 0 unspecified atom stereocenters. The number of thioether (sulfide) groups is 1. The highest BCUT2D eigenvalue weighted by Crippen LogP contribution is 2.24. The number of para-hydroxylation sites is 2. The van der Waals surface area contributed by atoms with Crippen molar-refractivity contribution in [2.45, 2.75) is 37.9 Å². The van der Waals surface area contributed by atoms with Crippen molar-refractivity contribution in [2.24, 2.45) is 0 Å². The van der Waals surface area contributed by atoms with Crippen LogP contribution in [0.1, 0.15) is 25.3 Å². The molecule has 0 spiro atoms. The van der Waals surface area contributed by atoms with Gasteiger partial charge in [-0.05, 0) is 37.5 Å². The maximum atomic E-state index is 12.2. The van der Waals surface area contributed by atoms with Gasteiger partial charge in [-0.1, -0.05) is 54.2 Å². The molecule has 1 aromatic heterocycles. The lowest BCUT2D eigenvalue weighted by molar-refractivity contribution is -0.143. The van der Waals surface area contributed by atoms with E-state index in [1.54, 1.807) is 6.92 Å². The average molecular weight is 426 g/mol. The zero-order valence-corrected chi connectivity index (χ0v) is 18.0. The molecule has 30 heavy (non-hydrogen) atoms. The molecule has 0 radical (unpaired) electrons. The van der Waals surface area contributed by atoms with E-state index >= 15 is 0 Å². The van der Waals surface area contributed by atoms with Crippen LogP contribution in [-0.2, 0) is 27.3 Å². The predicted molar refractivity (Wildman–Crippen MR) is 119 cm³/mol. The molecule has 0 aliphatic rings. The average Bonchev–Trinajstić information content (AvgIpc) is 3.12. The van der Waals surface area contributed by atoms with Crippen molar-refractivity contribution in [1.29, 1.82) is 0 Å². The Balaban J connectivity index is 1.56. The second-order valence-corrected chi connectivity index (χ2v) is 7.76. The number of amides is 1. The van der Waals surface area contributed by atoms with Crippen molar-refractivity contribution >= 4 is 34.7 Å². The first-order valence-corrected chi connectivity index (χ1v) is 11.2. The van der Waals surface area contributed by atoms with E-state index in [-0.39, 0.29) is 17.6 Å². The van der Waals surface area contributed by atoms with Gasteiger partial charge in [0.2, 0.25) is 5.91 Å². The number of nitrogens with one attached hydrogen (secondary N) is 1. The standard InChI is InChI=1S/C23H27N3O3S/c1-2-29-22(28)13-8-15-24-21(27)17-30-23-25-19-11-6-7-12-20(19)26(23)16-14-18-9-4-3-5-10-18/h3-7,9-12H,2,8,13-17H2,1H3,(H,24,27). The topological polar surface area (TPSA) is 73.2 Å². The van der Waals surface area contributed by atoms with Gasteiger partial charge in [-0.15, -0.1) is 0 Å². The Morgan fingerprint density at radius 1 is 1.10 bits per heavy atom. The second kappa shape index (κ2) is 11.4. The summed E-state index contributed by atoms with van der Waals surface area (Å²) < 4.78 is 7.07. The highest BCUT2D eigenvalue weighted by Gasteiger charge is 2.13. The molecular weight excluding hydrogens is 398 g/mol. The molecule has 1 heterocycles. The smallest absolute Gasteiger partial charge is 0.305 e. The van der Waals surface area contributed by atoms with Gasteiger partial charge in [0.1, 0.15) is 0 Å². The molecular formula is C23H27N3O3S. The van der Waals surface area contributed by atoms with Crippen LogP contribution in [0.25, 0.3) is 11.0 Å². The molecule has 3 aromatic rings. The number of rotatable bonds is 11. The van der Waals surface area contributed by atoms with E-state index in [9.17, 15) is 9.59 Å². The molecule has 0 atom stereocenters. The fraction of sp³-hybridized carbons (Fsp3) is 0.348. The molecule has 0 aliphatic carbocycles. The van der Waals surface area contributed by atoms with Gasteiger partial charge < -0.3 is 14.6 Å². The van der Waals surface area contributed by atoms with Gasteiger partial charge in [-0.3, -0.25) is 9.59 Å². The molecule has 3 rings (SSSR count). The monoisotopic (exact) mass is 425 g/mol. The van der Waals surface area contributed by atoms with Crippen LogP contribution >= 0.6 is 11.8 Å². The van der Waals surface area contributed by atoms with Crippen LogP contribution in [0.15, 0.2) is 59.8 Å². The van der Waals surface area contributed by atoms with E-state index in [1.807, 2.05) is 36.4 Å². The second-order valence-electron chi connectivity index (χ2n) is 6.82. The molecule has 6 nitrogen and oxygen atoms in total. The van der Waals surface area contributed by atoms with E-state index in [0.717, 1.165) is 29.2 Å². The van der Waals surface area contributed by atoms with Gasteiger partial charge in [-0.2, -0.15) is 0 Å². The zero-order chi connectivity index (χ0) is 21.2. The Bertz CT molecular complexity index is 972. The van der Waals surface area contributed by atoms with Crippen LogP contribution in [0.5, 0.6) is 0 Å². The number of aromatic nitrogens is 2. The number of carbonyl (C=O) groups is 2. The first-order valence-electron chi connectivity index (χ1n) is 10.2. The Morgan fingerprint density at radius 3 is 2.67 bits per heavy atom. The third-order valence-electron chi connectivity index (χ3n) is 4.60. The molecule has 0 saturated heterocycles. The molecule has 1 N–H and O–H groups in total. The number of benzene rings is 2. The molecule has 0 fully saturated rings. The Kier molecular flexibility index (Phi) is 8.32. The van der Waals surface area contributed by atoms with Gasteiger partial charge in [0.25, 0.3) is 0 Å². The highest BCUT2D eigenvalue weighted by atomic mass is 32.2. The lowest BCUT2D eigenvalue weighted by Gasteiger charge is -2.09. The molecule has 0 bridgehead atoms. The van der Waals surface area contributed by atoms with Crippen molar-refractivity contribution in [3.05, 3.63) is 60.2 Å². The normalized spacial score (nSPS) is 10.8. The Hall–Kier alpha value is -2.80. The summed E-state index contributed by atoms with van der Waals surface area (Å²) >= 11 is 1.44. The fourth-order valence-electron chi connectivity index (χ4n) is 3.14. The van der Waals surface area contributed by atoms with Crippen LogP contribution < -0.4 is 5.32 Å². The van der Waals surface area contributed by atoms with Crippen molar-refractivity contribution < 1.29 is 14.3 Å². The van der Waals surface area contributed by atoms with E-state index in [1.165, 1.54) is 17.3 Å². The van der Waals surface area contributed by atoms with E-state index < -0.39 is 0 Å². The molecule has 0 saturated carbocycles. The number of imidazole rings is 1. The maximum absolute atomic E-state index is 12.2. The summed E-state index contributed by atoms with van der Waals surface area (Å²) in [7, 11) is 0. The summed E-state index contributed by atoms with van der Waals surface area (Å²) in [5, 5.41) is 3.70. The van der Waals surface area contributed by atoms with Crippen LogP contribution in [-0.4, -0.2) is 40.3 Å². The first kappa shape index (κ1) is 21.9. The third kappa shape index (κ3) is 6.35. The lowest BCUT2D eigenvalue weighted by atomic mass is 10.1. The van der Waals surface area contributed by atoms with Crippen molar-refractivity contribution in [3.8, 4) is 0 Å². The largest absolute Gasteiger partial charge is 0.466 e. The van der Waals surface area contributed by atoms with Crippen LogP contribution in [0.4, 0.5) is 0 Å². The summed E-state index contributed by atoms with van der Waals surface area (Å²) in [5.74, 6) is -0.00702. The lowest BCUT2D eigenvalue weighted by Crippen LogP contribution is -2.26. The molecule has 7 heteroatoms. The minimum Gasteiger partial charge on any atom is -0.466 e. The Labute approximate surface area is 181 Å². The van der Waals surface area contributed by atoms with Gasteiger partial charge in [0.15, 0.2) is 5.16 Å². The maximum Gasteiger partial charge on any atom is 0.305 e. The zero-order valence-electron chi connectivity index (χ0n) is 17.2. The van der Waals surface area contributed by atoms with Crippen LogP contribution in [0.3, 0.4) is 0 Å². The summed E-state index contributed by atoms with van der Waals surface area (Å²) in [6, 6.07) is 18.4. The number of carbonyl (C=O) groups excluding carboxylic acids is 2. The van der Waals surface area contributed by atoms with Gasteiger partial charge in [-0.25, -0.2) is 4.98 Å². The fourth-order valence-corrected chi connectivity index (χ4v) is 4.01. The number of fused-ring (bicyclic) bond motifs is 1. The van der Waals surface area contributed by atoms with Gasteiger partial charge in [0, 0.05) is 19.5 Å². The van der Waals surface area contributed by atoms with Crippen molar-refractivity contribution in [3.63, 3.8) is 0 Å². The predicted octanol–water partition coefficient (Wildman–Crippen LogP) is 3.83. The number of nitrogens with zero attached hydrogens (tertiary/aromatic N) is 2. The van der Waals surface area contributed by atoms with Crippen LogP contribution in [0, 0.1) is 0 Å². The van der Waals surface area contributed by atoms with Gasteiger partial charge >= 0.3 is 5.97 Å². The third-order valence-corrected chi connectivity index (χ3v) is 5.58. The molecule has 2 aromatic carbocycles. The van der Waals surface area contributed by atoms with Crippen molar-refractivity contribution in [2.75, 3.05) is 18.9 Å². The number of aryl methyl sites for hydroxylation is 2. The quantitative estimate of drug-likeness (QED) is 0.287. The summed E-state index contributed by atoms with van der Waals surface area (Å²) in [6.45, 7) is 3.42. The number of hydrogen-bond donors (Lipinski definition) is 1. The van der Waals surface area contributed by atoms with Gasteiger partial charge in [0.05, 0.1) is 23.4 Å². The Morgan fingerprint density at radius 2 is 1.87 bits per heavy atom. The summed E-state index contributed by atoms with van der Waals surface area (Å²) in [5.41, 5.74) is 3.28. The molecule has 0 aliphatic heterocycles.